The summed E-state index contributed by atoms with van der Waals surface area (Å²) >= 11 is 6.21. The zero-order valence-electron chi connectivity index (χ0n) is 15.8. The lowest BCUT2D eigenvalue weighted by atomic mass is 10.0. The Morgan fingerprint density at radius 2 is 2.07 bits per heavy atom. The molecule has 0 saturated carbocycles. The number of fused-ring (bicyclic) bond motifs is 1. The van der Waals surface area contributed by atoms with E-state index in [4.69, 9.17) is 21.6 Å². The lowest BCUT2D eigenvalue weighted by Crippen LogP contribution is -2.40. The van der Waals surface area contributed by atoms with Gasteiger partial charge in [-0.2, -0.15) is 4.31 Å². The van der Waals surface area contributed by atoms with Gasteiger partial charge in [-0.25, -0.2) is 18.4 Å². The first-order valence-corrected chi connectivity index (χ1v) is 11.4. The van der Waals surface area contributed by atoms with Gasteiger partial charge in [-0.05, 0) is 25.0 Å². The van der Waals surface area contributed by atoms with Crippen molar-refractivity contribution in [1.82, 2.24) is 19.6 Å². The maximum absolute atomic E-state index is 13.4. The van der Waals surface area contributed by atoms with E-state index in [0.29, 0.717) is 18.8 Å². The van der Waals surface area contributed by atoms with Crippen LogP contribution in [-0.2, 0) is 23.0 Å². The molecule has 0 spiro atoms. The molecule has 2 aliphatic rings. The molecule has 2 aliphatic heterocycles. The minimum atomic E-state index is -3.74. The summed E-state index contributed by atoms with van der Waals surface area (Å²) in [6.45, 7) is 2.02. The Morgan fingerprint density at radius 3 is 2.86 bits per heavy atom. The third-order valence-corrected chi connectivity index (χ3v) is 7.77. The molecule has 150 valence electrons. The highest BCUT2D eigenvalue weighted by Gasteiger charge is 2.37. The van der Waals surface area contributed by atoms with E-state index in [-0.39, 0.29) is 16.0 Å². The second-order valence-electron chi connectivity index (χ2n) is 7.09. The van der Waals surface area contributed by atoms with Crippen molar-refractivity contribution >= 4 is 27.4 Å². The van der Waals surface area contributed by atoms with Gasteiger partial charge in [0.15, 0.2) is 0 Å². The highest BCUT2D eigenvalue weighted by molar-refractivity contribution is 7.89. The summed E-state index contributed by atoms with van der Waals surface area (Å²) in [5, 5.41) is 6.72. The minimum Gasteiger partial charge on any atom is -0.373 e. The summed E-state index contributed by atoms with van der Waals surface area (Å²) in [6.07, 6.45) is 3.26. The van der Waals surface area contributed by atoms with Crippen LogP contribution in [0.4, 0.5) is 5.82 Å². The summed E-state index contributed by atoms with van der Waals surface area (Å²) in [5.41, 5.74) is 2.06. The molecule has 0 aliphatic carbocycles. The number of aromatic nitrogens is 2. The van der Waals surface area contributed by atoms with Crippen LogP contribution in [0.15, 0.2) is 29.2 Å². The molecule has 7 nitrogen and oxygen atoms in total. The molecule has 1 saturated heterocycles. The van der Waals surface area contributed by atoms with Crippen molar-refractivity contribution in [2.24, 2.45) is 0 Å². The molecule has 0 bridgehead atoms. The number of nitrogens with zero attached hydrogens (tertiary/aromatic N) is 3. The summed E-state index contributed by atoms with van der Waals surface area (Å²) in [6, 6.07) is 6.20. The average Bonchev–Trinajstić information content (AvgIpc) is 2.73. The van der Waals surface area contributed by atoms with E-state index in [1.54, 1.807) is 24.3 Å². The van der Waals surface area contributed by atoms with Gasteiger partial charge in [0.25, 0.3) is 0 Å². The average molecular weight is 422 g/mol. The first kappa shape index (κ1) is 19.6. The lowest BCUT2D eigenvalue weighted by Gasteiger charge is -2.34. The summed E-state index contributed by atoms with van der Waals surface area (Å²) in [4.78, 5) is 9.64. The molecule has 1 aromatic heterocycles. The van der Waals surface area contributed by atoms with Crippen molar-refractivity contribution < 1.29 is 8.42 Å². The zero-order chi connectivity index (χ0) is 19.7. The maximum Gasteiger partial charge on any atom is 0.245 e. The summed E-state index contributed by atoms with van der Waals surface area (Å²) in [7, 11) is -1.91. The van der Waals surface area contributed by atoms with E-state index >= 15 is 0 Å². The first-order chi connectivity index (χ1) is 13.5. The SMILES string of the molecule is CNc1nc([C@@H]2CCCCN2S(=O)(=O)c2ccccc2Cl)nc2c1CNCC2. The van der Waals surface area contributed by atoms with Gasteiger partial charge in [0.1, 0.15) is 16.5 Å². The number of hydrogen-bond donors (Lipinski definition) is 2. The van der Waals surface area contributed by atoms with Gasteiger partial charge in [-0.3, -0.25) is 0 Å². The monoisotopic (exact) mass is 421 g/mol. The fourth-order valence-electron chi connectivity index (χ4n) is 3.95. The number of piperidine rings is 1. The maximum atomic E-state index is 13.4. The van der Waals surface area contributed by atoms with E-state index < -0.39 is 10.0 Å². The molecule has 0 unspecified atom stereocenters. The van der Waals surface area contributed by atoms with Gasteiger partial charge in [0, 0.05) is 38.7 Å². The van der Waals surface area contributed by atoms with Gasteiger partial charge in [0.05, 0.1) is 16.8 Å². The Labute approximate surface area is 170 Å². The molecule has 0 radical (unpaired) electrons. The third kappa shape index (κ3) is 3.50. The van der Waals surface area contributed by atoms with Crippen LogP contribution in [0.1, 0.15) is 42.4 Å². The van der Waals surface area contributed by atoms with Gasteiger partial charge >= 0.3 is 0 Å². The van der Waals surface area contributed by atoms with Crippen molar-refractivity contribution in [3.63, 3.8) is 0 Å². The van der Waals surface area contributed by atoms with Crippen molar-refractivity contribution in [3.8, 4) is 0 Å². The number of anilines is 1. The molecular weight excluding hydrogens is 398 g/mol. The molecule has 28 heavy (non-hydrogen) atoms. The van der Waals surface area contributed by atoms with E-state index in [0.717, 1.165) is 49.4 Å². The number of sulfonamides is 1. The highest BCUT2D eigenvalue weighted by atomic mass is 35.5. The Balaban J connectivity index is 1.77. The molecule has 1 fully saturated rings. The number of benzene rings is 1. The largest absolute Gasteiger partial charge is 0.373 e. The van der Waals surface area contributed by atoms with Gasteiger partial charge in [0.2, 0.25) is 10.0 Å². The van der Waals surface area contributed by atoms with E-state index in [1.165, 1.54) is 4.31 Å². The molecule has 3 heterocycles. The number of rotatable bonds is 4. The van der Waals surface area contributed by atoms with Crippen LogP contribution in [-0.4, -0.2) is 42.8 Å². The van der Waals surface area contributed by atoms with Crippen molar-refractivity contribution in [2.45, 2.75) is 43.2 Å². The minimum absolute atomic E-state index is 0.138. The molecule has 2 N–H and O–H groups in total. The van der Waals surface area contributed by atoms with E-state index in [1.807, 2.05) is 7.05 Å². The predicted molar refractivity (Wildman–Crippen MR) is 109 cm³/mol. The number of hydrogen-bond acceptors (Lipinski definition) is 6. The number of nitrogens with one attached hydrogen (secondary N) is 2. The fourth-order valence-corrected chi connectivity index (χ4v) is 6.10. The van der Waals surface area contributed by atoms with Crippen LogP contribution >= 0.6 is 11.6 Å². The van der Waals surface area contributed by atoms with Crippen LogP contribution in [0.25, 0.3) is 0 Å². The van der Waals surface area contributed by atoms with Gasteiger partial charge in [-0.1, -0.05) is 30.2 Å². The zero-order valence-corrected chi connectivity index (χ0v) is 17.4. The highest BCUT2D eigenvalue weighted by Crippen LogP contribution is 2.37. The Kier molecular flexibility index (Phi) is 5.55. The fraction of sp³-hybridized carbons (Fsp3) is 0.474. The molecule has 1 atom stereocenters. The topological polar surface area (TPSA) is 87.2 Å². The van der Waals surface area contributed by atoms with Crippen LogP contribution in [0.2, 0.25) is 5.02 Å². The van der Waals surface area contributed by atoms with Crippen molar-refractivity contribution in [1.29, 1.82) is 0 Å². The van der Waals surface area contributed by atoms with E-state index in [9.17, 15) is 8.42 Å². The Morgan fingerprint density at radius 1 is 1.25 bits per heavy atom. The first-order valence-electron chi connectivity index (χ1n) is 9.57. The van der Waals surface area contributed by atoms with Crippen LogP contribution in [0.5, 0.6) is 0 Å². The van der Waals surface area contributed by atoms with Gasteiger partial charge in [-0.15, -0.1) is 0 Å². The molecule has 0 amide bonds. The van der Waals surface area contributed by atoms with Crippen LogP contribution < -0.4 is 10.6 Å². The predicted octanol–water partition coefficient (Wildman–Crippen LogP) is 2.73. The normalized spacial score (nSPS) is 20.6. The van der Waals surface area contributed by atoms with E-state index in [2.05, 4.69) is 10.6 Å². The standard InChI is InChI=1S/C19H24ClN5O2S/c1-21-18-13-12-22-10-9-15(13)23-19(24-18)16-7-4-5-11-25(16)28(26,27)17-8-3-2-6-14(17)20/h2-3,6,8,16,22H,4-5,7,9-12H2,1H3,(H,21,23,24)/t16-/m0/s1. The second kappa shape index (κ2) is 7.94. The van der Waals surface area contributed by atoms with Crippen molar-refractivity contribution in [2.75, 3.05) is 25.5 Å². The summed E-state index contributed by atoms with van der Waals surface area (Å²) in [5.74, 6) is 1.34. The lowest BCUT2D eigenvalue weighted by molar-refractivity contribution is 0.246. The Hall–Kier alpha value is -1.74. The molecule has 4 rings (SSSR count). The third-order valence-electron chi connectivity index (χ3n) is 5.36. The second-order valence-corrected chi connectivity index (χ2v) is 9.36. The summed E-state index contributed by atoms with van der Waals surface area (Å²) < 4.78 is 28.3. The molecule has 2 aromatic rings. The van der Waals surface area contributed by atoms with Crippen LogP contribution in [0, 0.1) is 0 Å². The van der Waals surface area contributed by atoms with Crippen molar-refractivity contribution in [3.05, 3.63) is 46.4 Å². The van der Waals surface area contributed by atoms with Gasteiger partial charge < -0.3 is 10.6 Å². The van der Waals surface area contributed by atoms with Crippen LogP contribution in [0.3, 0.4) is 0 Å². The molecule has 1 aromatic carbocycles. The smallest absolute Gasteiger partial charge is 0.245 e. The quantitative estimate of drug-likeness (QED) is 0.789. The molecular formula is C19H24ClN5O2S. The molecule has 9 heteroatoms. The Bertz CT molecular complexity index is 965. The number of halogens is 1.